The molecule has 0 amide bonds. The number of piperidine rings is 1. The smallest absolute Gasteiger partial charge is 0.238 e. The molecule has 8 heteroatoms. The van der Waals surface area contributed by atoms with Crippen molar-refractivity contribution in [2.75, 3.05) is 26.2 Å². The predicted molar refractivity (Wildman–Crippen MR) is 134 cm³/mol. The van der Waals surface area contributed by atoms with Crippen LogP contribution in [0.15, 0.2) is 65.8 Å². The average molecular weight is 479 g/mol. The van der Waals surface area contributed by atoms with E-state index in [1.54, 1.807) is 12.1 Å². The van der Waals surface area contributed by atoms with Crippen LogP contribution in [0.2, 0.25) is 0 Å². The van der Waals surface area contributed by atoms with Gasteiger partial charge in [-0.05, 0) is 62.0 Å². The maximum absolute atomic E-state index is 11.4. The van der Waals surface area contributed by atoms with Crippen LogP contribution in [0, 0.1) is 5.92 Å². The third-order valence-corrected chi connectivity index (χ3v) is 7.66. The van der Waals surface area contributed by atoms with Crippen LogP contribution in [0.5, 0.6) is 5.88 Å². The summed E-state index contributed by atoms with van der Waals surface area (Å²) in [5.41, 5.74) is 2.08. The molecule has 1 aliphatic heterocycles. The van der Waals surface area contributed by atoms with Gasteiger partial charge in [-0.15, -0.1) is 0 Å². The normalized spacial score (nSPS) is 15.8. The van der Waals surface area contributed by atoms with E-state index < -0.39 is 10.0 Å². The highest BCUT2D eigenvalue weighted by Crippen LogP contribution is 2.32. The lowest BCUT2D eigenvalue weighted by Gasteiger charge is -2.31. The first-order valence-corrected chi connectivity index (χ1v) is 13.2. The van der Waals surface area contributed by atoms with Crippen LogP contribution in [-0.4, -0.2) is 49.1 Å². The molecule has 0 aliphatic carbocycles. The van der Waals surface area contributed by atoms with E-state index in [9.17, 15) is 8.42 Å². The van der Waals surface area contributed by atoms with Crippen LogP contribution in [0.3, 0.4) is 0 Å². The summed E-state index contributed by atoms with van der Waals surface area (Å²) in [7, 11) is -1.61. The number of hydrogen-bond donors (Lipinski definition) is 1. The van der Waals surface area contributed by atoms with Gasteiger partial charge < -0.3 is 14.2 Å². The van der Waals surface area contributed by atoms with Crippen LogP contribution >= 0.6 is 0 Å². The maximum atomic E-state index is 11.4. The van der Waals surface area contributed by atoms with Gasteiger partial charge in [-0.2, -0.15) is 0 Å². The Kier molecular flexibility index (Phi) is 6.29. The van der Waals surface area contributed by atoms with Gasteiger partial charge in [-0.1, -0.05) is 30.3 Å². The zero-order valence-electron chi connectivity index (χ0n) is 19.4. The van der Waals surface area contributed by atoms with Crippen LogP contribution in [0.4, 0.5) is 0 Å². The molecule has 0 atom stereocenters. The molecule has 0 saturated carbocycles. The van der Waals surface area contributed by atoms with Crippen LogP contribution in [0.1, 0.15) is 18.4 Å². The third kappa shape index (κ3) is 4.94. The molecule has 5 rings (SSSR count). The Hall–Kier alpha value is -2.94. The number of benzene rings is 2. The second kappa shape index (κ2) is 9.37. The molecule has 2 aromatic carbocycles. The molecule has 4 aromatic rings. The van der Waals surface area contributed by atoms with Crippen molar-refractivity contribution in [3.05, 3.63) is 66.5 Å². The van der Waals surface area contributed by atoms with Crippen molar-refractivity contribution in [2.24, 2.45) is 18.1 Å². The Morgan fingerprint density at radius 3 is 2.44 bits per heavy atom. The zero-order chi connectivity index (χ0) is 23.7. The number of ether oxygens (including phenoxy) is 1. The highest BCUT2D eigenvalue weighted by atomic mass is 32.2. The topological polar surface area (TPSA) is 90.5 Å². The fraction of sp³-hybridized carbons (Fsp3) is 0.346. The van der Waals surface area contributed by atoms with Crippen molar-refractivity contribution in [1.82, 2.24) is 14.5 Å². The number of nitrogens with zero attached hydrogens (tertiary/aromatic N) is 3. The number of likely N-dealkylation sites (tertiary alicyclic amines) is 1. The van der Waals surface area contributed by atoms with Gasteiger partial charge in [0.2, 0.25) is 15.9 Å². The lowest BCUT2D eigenvalue weighted by atomic mass is 9.97. The third-order valence-electron chi connectivity index (χ3n) is 6.73. The first kappa shape index (κ1) is 22.8. The van der Waals surface area contributed by atoms with E-state index in [1.807, 2.05) is 37.4 Å². The number of aromatic nitrogens is 2. The number of hydrogen-bond acceptors (Lipinski definition) is 5. The first-order valence-electron chi connectivity index (χ1n) is 11.7. The second-order valence-electron chi connectivity index (χ2n) is 9.22. The van der Waals surface area contributed by atoms with Gasteiger partial charge in [0.15, 0.2) is 0 Å². The van der Waals surface area contributed by atoms with E-state index in [4.69, 9.17) is 14.9 Å². The Morgan fingerprint density at radius 1 is 1.00 bits per heavy atom. The predicted octanol–water partition coefficient (Wildman–Crippen LogP) is 3.71. The number of sulfonamides is 1. The van der Waals surface area contributed by atoms with Crippen molar-refractivity contribution in [3.63, 3.8) is 0 Å². The standard InChI is InChI=1S/C26H30N4O3S/c1-29-16-23-22-4-2-3-5-25(22)28-26(24(23)17-29)33-18-20-11-14-30(15-12-20)13-10-19-6-8-21(9-7-19)34(27,31)32/h2-9,16-17,20H,10-15,18H2,1H3,(H2,27,31,32). The molecule has 1 aliphatic rings. The van der Waals surface area contributed by atoms with Gasteiger partial charge in [-0.25, -0.2) is 18.5 Å². The van der Waals surface area contributed by atoms with Gasteiger partial charge in [0, 0.05) is 36.8 Å². The molecule has 0 radical (unpaired) electrons. The largest absolute Gasteiger partial charge is 0.477 e. The zero-order valence-corrected chi connectivity index (χ0v) is 20.2. The van der Waals surface area contributed by atoms with Crippen molar-refractivity contribution < 1.29 is 13.2 Å². The molecule has 0 spiro atoms. The van der Waals surface area contributed by atoms with Crippen molar-refractivity contribution in [2.45, 2.75) is 24.2 Å². The Morgan fingerprint density at radius 2 is 1.71 bits per heavy atom. The van der Waals surface area contributed by atoms with Crippen LogP contribution in [0.25, 0.3) is 21.7 Å². The summed E-state index contributed by atoms with van der Waals surface area (Å²) in [4.78, 5) is 7.43. The van der Waals surface area contributed by atoms with Gasteiger partial charge in [0.05, 0.1) is 22.4 Å². The van der Waals surface area contributed by atoms with Crippen LogP contribution in [-0.2, 0) is 23.5 Å². The van der Waals surface area contributed by atoms with Gasteiger partial charge in [0.25, 0.3) is 0 Å². The molecule has 0 unspecified atom stereocenters. The second-order valence-corrected chi connectivity index (χ2v) is 10.8. The lowest BCUT2D eigenvalue weighted by Crippen LogP contribution is -2.36. The average Bonchev–Trinajstić information content (AvgIpc) is 3.23. The number of para-hydroxylation sites is 1. The van der Waals surface area contributed by atoms with Gasteiger partial charge in [0.1, 0.15) is 0 Å². The number of rotatable bonds is 7. The fourth-order valence-corrected chi connectivity index (χ4v) is 5.27. The van der Waals surface area contributed by atoms with E-state index >= 15 is 0 Å². The lowest BCUT2D eigenvalue weighted by molar-refractivity contribution is 0.141. The van der Waals surface area contributed by atoms with E-state index in [2.05, 4.69) is 27.9 Å². The monoisotopic (exact) mass is 478 g/mol. The van der Waals surface area contributed by atoms with Crippen molar-refractivity contribution in [3.8, 4) is 5.88 Å². The number of pyridine rings is 1. The molecule has 178 valence electrons. The fourth-order valence-electron chi connectivity index (χ4n) is 4.75. The molecule has 34 heavy (non-hydrogen) atoms. The minimum absolute atomic E-state index is 0.158. The molecule has 1 saturated heterocycles. The molecule has 1 fully saturated rings. The summed E-state index contributed by atoms with van der Waals surface area (Å²) in [6.07, 6.45) is 7.29. The highest BCUT2D eigenvalue weighted by Gasteiger charge is 2.21. The Bertz CT molecular complexity index is 1410. The molecule has 2 N–H and O–H groups in total. The van der Waals surface area contributed by atoms with Crippen LogP contribution < -0.4 is 9.88 Å². The van der Waals surface area contributed by atoms with E-state index in [1.165, 1.54) is 5.39 Å². The summed E-state index contributed by atoms with van der Waals surface area (Å²) < 4.78 is 31.1. The number of fused-ring (bicyclic) bond motifs is 3. The van der Waals surface area contributed by atoms with E-state index in [0.717, 1.165) is 66.6 Å². The number of primary sulfonamides is 1. The molecular formula is C26H30N4O3S. The minimum atomic E-state index is -3.64. The quantitative estimate of drug-likeness (QED) is 0.437. The maximum Gasteiger partial charge on any atom is 0.238 e. The number of nitrogens with two attached hydrogens (primary N) is 1. The SMILES string of the molecule is Cn1cc2c(OCC3CCN(CCc4ccc(S(N)(=O)=O)cc4)CC3)nc3ccccc3c2c1. The molecule has 0 bridgehead atoms. The molecule has 2 aromatic heterocycles. The summed E-state index contributed by atoms with van der Waals surface area (Å²) in [5.74, 6) is 1.23. The van der Waals surface area contributed by atoms with Gasteiger partial charge >= 0.3 is 0 Å². The first-order chi connectivity index (χ1) is 16.4. The van der Waals surface area contributed by atoms with E-state index in [0.29, 0.717) is 12.5 Å². The number of aryl methyl sites for hydroxylation is 1. The summed E-state index contributed by atoms with van der Waals surface area (Å²) in [5, 5.41) is 8.56. The summed E-state index contributed by atoms with van der Waals surface area (Å²) in [6, 6.07) is 15.1. The Balaban J connectivity index is 1.15. The summed E-state index contributed by atoms with van der Waals surface area (Å²) in [6.45, 7) is 3.71. The van der Waals surface area contributed by atoms with Crippen molar-refractivity contribution >= 4 is 31.7 Å². The molecule has 3 heterocycles. The highest BCUT2D eigenvalue weighted by molar-refractivity contribution is 7.89. The van der Waals surface area contributed by atoms with E-state index in [-0.39, 0.29) is 4.90 Å². The minimum Gasteiger partial charge on any atom is -0.477 e. The molecular weight excluding hydrogens is 448 g/mol. The summed E-state index contributed by atoms with van der Waals surface area (Å²) >= 11 is 0. The Labute approximate surface area is 200 Å². The molecule has 7 nitrogen and oxygen atoms in total. The van der Waals surface area contributed by atoms with Crippen molar-refractivity contribution in [1.29, 1.82) is 0 Å². The van der Waals surface area contributed by atoms with Gasteiger partial charge in [-0.3, -0.25) is 0 Å².